The molecule has 0 radical (unpaired) electrons. The first-order valence-corrected chi connectivity index (χ1v) is 7.70. The highest BCUT2D eigenvalue weighted by molar-refractivity contribution is 5.79. The number of benzene rings is 1. The molecule has 1 heterocycles. The van der Waals surface area contributed by atoms with E-state index in [2.05, 4.69) is 0 Å². The Hall–Kier alpha value is -1.55. The zero-order valence-corrected chi connectivity index (χ0v) is 12.9. The lowest BCUT2D eigenvalue weighted by Crippen LogP contribution is -2.45. The second-order valence-corrected chi connectivity index (χ2v) is 5.85. The Kier molecular flexibility index (Phi) is 5.62. The Bertz CT molecular complexity index is 473. The van der Waals surface area contributed by atoms with Crippen molar-refractivity contribution in [3.63, 3.8) is 0 Å². The highest BCUT2D eigenvalue weighted by atomic mass is 16.5. The Morgan fingerprint density at radius 3 is 3.00 bits per heavy atom. The average Bonchev–Trinajstić information content (AvgIpc) is 2.47. The lowest BCUT2D eigenvalue weighted by Gasteiger charge is -2.36. The standard InChI is InChI=1S/C17H25NO3/c1-13(19)10-15-7-3-4-9-18(15)17(20)12-14-6-5-8-16(11-14)21-2/h5-6,8,11,13,15,19H,3-4,7,9-10,12H2,1-2H3. The first kappa shape index (κ1) is 15.8. The molecule has 1 fully saturated rings. The first-order valence-electron chi connectivity index (χ1n) is 7.70. The number of carbonyl (C=O) groups excluding carboxylic acids is 1. The monoisotopic (exact) mass is 291 g/mol. The molecule has 4 nitrogen and oxygen atoms in total. The van der Waals surface area contributed by atoms with Gasteiger partial charge in [-0.05, 0) is 50.3 Å². The molecule has 1 aliphatic rings. The van der Waals surface area contributed by atoms with Crippen LogP contribution in [-0.2, 0) is 11.2 Å². The van der Waals surface area contributed by atoms with Gasteiger partial charge in [-0.25, -0.2) is 0 Å². The topological polar surface area (TPSA) is 49.8 Å². The zero-order valence-electron chi connectivity index (χ0n) is 12.9. The molecule has 2 rings (SSSR count). The molecule has 1 N–H and O–H groups in total. The van der Waals surface area contributed by atoms with Crippen LogP contribution < -0.4 is 4.74 Å². The van der Waals surface area contributed by atoms with Crippen LogP contribution in [0.5, 0.6) is 5.75 Å². The lowest BCUT2D eigenvalue weighted by atomic mass is 9.96. The number of methoxy groups -OCH3 is 1. The second-order valence-electron chi connectivity index (χ2n) is 5.85. The van der Waals surface area contributed by atoms with Crippen molar-refractivity contribution >= 4 is 5.91 Å². The van der Waals surface area contributed by atoms with Gasteiger partial charge in [-0.2, -0.15) is 0 Å². The van der Waals surface area contributed by atoms with Crippen molar-refractivity contribution in [1.82, 2.24) is 4.90 Å². The molecule has 1 aromatic rings. The number of hydrogen-bond acceptors (Lipinski definition) is 3. The highest BCUT2D eigenvalue weighted by Gasteiger charge is 2.27. The number of nitrogens with zero attached hydrogens (tertiary/aromatic N) is 1. The Balaban J connectivity index is 2.02. The van der Waals surface area contributed by atoms with Gasteiger partial charge in [0.05, 0.1) is 19.6 Å². The molecule has 1 amide bonds. The minimum Gasteiger partial charge on any atom is -0.497 e. The van der Waals surface area contributed by atoms with Crippen LogP contribution in [0.1, 0.15) is 38.2 Å². The summed E-state index contributed by atoms with van der Waals surface area (Å²) in [5, 5.41) is 9.61. The summed E-state index contributed by atoms with van der Waals surface area (Å²) in [5.74, 6) is 0.924. The maximum absolute atomic E-state index is 12.6. The Morgan fingerprint density at radius 2 is 2.29 bits per heavy atom. The maximum Gasteiger partial charge on any atom is 0.227 e. The molecule has 0 spiro atoms. The number of amides is 1. The van der Waals surface area contributed by atoms with Crippen molar-refractivity contribution in [2.24, 2.45) is 0 Å². The normalized spacial score (nSPS) is 20.1. The Labute approximate surface area is 126 Å². The number of likely N-dealkylation sites (tertiary alicyclic amines) is 1. The van der Waals surface area contributed by atoms with Gasteiger partial charge in [-0.3, -0.25) is 4.79 Å². The van der Waals surface area contributed by atoms with Crippen LogP contribution in [0.15, 0.2) is 24.3 Å². The molecule has 0 aromatic heterocycles. The summed E-state index contributed by atoms with van der Waals surface area (Å²) in [4.78, 5) is 14.5. The van der Waals surface area contributed by atoms with Crippen molar-refractivity contribution in [3.05, 3.63) is 29.8 Å². The summed E-state index contributed by atoms with van der Waals surface area (Å²) in [7, 11) is 1.63. The van der Waals surface area contributed by atoms with Gasteiger partial charge in [0.25, 0.3) is 0 Å². The summed E-state index contributed by atoms with van der Waals surface area (Å²) in [6, 6.07) is 7.83. The van der Waals surface area contributed by atoms with E-state index < -0.39 is 0 Å². The SMILES string of the molecule is COc1cccc(CC(=O)N2CCCCC2CC(C)O)c1. The molecule has 1 aromatic carbocycles. The van der Waals surface area contributed by atoms with Gasteiger partial charge >= 0.3 is 0 Å². The first-order chi connectivity index (χ1) is 10.1. The highest BCUT2D eigenvalue weighted by Crippen LogP contribution is 2.22. The average molecular weight is 291 g/mol. The van der Waals surface area contributed by atoms with E-state index in [1.807, 2.05) is 29.2 Å². The van der Waals surface area contributed by atoms with Crippen LogP contribution in [0.25, 0.3) is 0 Å². The van der Waals surface area contributed by atoms with Crippen LogP contribution in [0.4, 0.5) is 0 Å². The van der Waals surface area contributed by atoms with E-state index in [1.165, 1.54) is 0 Å². The quantitative estimate of drug-likeness (QED) is 0.906. The summed E-state index contributed by atoms with van der Waals surface area (Å²) in [6.07, 6.45) is 3.90. The van der Waals surface area contributed by atoms with E-state index in [0.717, 1.165) is 37.1 Å². The molecule has 2 atom stereocenters. The van der Waals surface area contributed by atoms with E-state index >= 15 is 0 Å². The summed E-state index contributed by atoms with van der Waals surface area (Å²) in [5.41, 5.74) is 0.973. The van der Waals surface area contributed by atoms with E-state index in [0.29, 0.717) is 12.8 Å². The van der Waals surface area contributed by atoms with Crippen LogP contribution in [0.3, 0.4) is 0 Å². The third kappa shape index (κ3) is 4.46. The minimum absolute atomic E-state index is 0.147. The smallest absolute Gasteiger partial charge is 0.227 e. The molecule has 1 saturated heterocycles. The molecular formula is C17H25NO3. The van der Waals surface area contributed by atoms with E-state index in [-0.39, 0.29) is 18.1 Å². The number of ether oxygens (including phenoxy) is 1. The molecule has 1 aliphatic heterocycles. The van der Waals surface area contributed by atoms with Crippen molar-refractivity contribution in [2.75, 3.05) is 13.7 Å². The van der Waals surface area contributed by atoms with Crippen LogP contribution in [0.2, 0.25) is 0 Å². The molecule has 0 aliphatic carbocycles. The zero-order chi connectivity index (χ0) is 15.2. The fourth-order valence-electron chi connectivity index (χ4n) is 3.03. The fourth-order valence-corrected chi connectivity index (χ4v) is 3.03. The van der Waals surface area contributed by atoms with Crippen LogP contribution in [-0.4, -0.2) is 41.7 Å². The summed E-state index contributed by atoms with van der Waals surface area (Å²) < 4.78 is 5.20. The van der Waals surface area contributed by atoms with Gasteiger partial charge in [0.1, 0.15) is 5.75 Å². The second kappa shape index (κ2) is 7.46. The van der Waals surface area contributed by atoms with Crippen molar-refractivity contribution in [1.29, 1.82) is 0 Å². The minimum atomic E-state index is -0.361. The molecule has 2 unspecified atom stereocenters. The number of piperidine rings is 1. The third-order valence-corrected chi connectivity index (χ3v) is 4.05. The number of rotatable bonds is 5. The van der Waals surface area contributed by atoms with Gasteiger partial charge in [-0.15, -0.1) is 0 Å². The molecule has 4 heteroatoms. The maximum atomic E-state index is 12.6. The predicted octanol–water partition coefficient (Wildman–Crippen LogP) is 2.39. The number of hydrogen-bond donors (Lipinski definition) is 1. The molecule has 116 valence electrons. The third-order valence-electron chi connectivity index (χ3n) is 4.05. The number of aliphatic hydroxyl groups is 1. The van der Waals surface area contributed by atoms with Crippen molar-refractivity contribution in [2.45, 2.75) is 51.2 Å². The predicted molar refractivity (Wildman–Crippen MR) is 82.3 cm³/mol. The van der Waals surface area contributed by atoms with Gasteiger partial charge in [-0.1, -0.05) is 12.1 Å². The van der Waals surface area contributed by atoms with E-state index in [1.54, 1.807) is 14.0 Å². The molecule has 21 heavy (non-hydrogen) atoms. The van der Waals surface area contributed by atoms with E-state index in [4.69, 9.17) is 4.74 Å². The van der Waals surface area contributed by atoms with E-state index in [9.17, 15) is 9.90 Å². The lowest BCUT2D eigenvalue weighted by molar-refractivity contribution is -0.134. The largest absolute Gasteiger partial charge is 0.497 e. The van der Waals surface area contributed by atoms with Crippen molar-refractivity contribution in [3.8, 4) is 5.75 Å². The van der Waals surface area contributed by atoms with Crippen molar-refractivity contribution < 1.29 is 14.6 Å². The summed E-state index contributed by atoms with van der Waals surface area (Å²) >= 11 is 0. The Morgan fingerprint density at radius 1 is 1.48 bits per heavy atom. The van der Waals surface area contributed by atoms with Gasteiger partial charge in [0.15, 0.2) is 0 Å². The fraction of sp³-hybridized carbons (Fsp3) is 0.588. The summed E-state index contributed by atoms with van der Waals surface area (Å²) in [6.45, 7) is 2.60. The molecular weight excluding hydrogens is 266 g/mol. The molecule has 0 bridgehead atoms. The number of carbonyl (C=O) groups is 1. The van der Waals surface area contributed by atoms with Crippen LogP contribution in [0, 0.1) is 0 Å². The molecule has 0 saturated carbocycles. The van der Waals surface area contributed by atoms with Gasteiger partial charge < -0.3 is 14.7 Å². The van der Waals surface area contributed by atoms with Gasteiger partial charge in [0.2, 0.25) is 5.91 Å². The van der Waals surface area contributed by atoms with Gasteiger partial charge in [0, 0.05) is 12.6 Å². The van der Waals surface area contributed by atoms with Crippen LogP contribution >= 0.6 is 0 Å². The number of aliphatic hydroxyl groups excluding tert-OH is 1.